The number of nitrogens with one attached hydrogen (secondary N) is 1. The molecule has 0 unspecified atom stereocenters. The molecule has 9 nitrogen and oxygen atoms in total. The lowest BCUT2D eigenvalue weighted by atomic mass is 10.1. The number of amides is 1. The van der Waals surface area contributed by atoms with Crippen LogP contribution in [0.15, 0.2) is 24.3 Å². The summed E-state index contributed by atoms with van der Waals surface area (Å²) in [6.07, 6.45) is -0.356. The van der Waals surface area contributed by atoms with Gasteiger partial charge in [-0.05, 0) is 19.5 Å². The standard InChI is InChI=1S/C22H26N2O7S/c1-13-6-8-14(9-7-13)11-24(2)12-16(25)23-20-18(21(27)30-4)15(10-17(26)29-3)19(32-20)22(28)31-5/h6-9H,10-12H2,1-5H3,(H,23,25). The normalized spacial score (nSPS) is 10.6. The van der Waals surface area contributed by atoms with Crippen molar-refractivity contribution in [1.82, 2.24) is 4.90 Å². The number of carbonyl (C=O) groups excluding carboxylic acids is 4. The van der Waals surface area contributed by atoms with Crippen molar-refractivity contribution >= 4 is 40.2 Å². The van der Waals surface area contributed by atoms with E-state index in [0.29, 0.717) is 6.54 Å². The highest BCUT2D eigenvalue weighted by molar-refractivity contribution is 7.18. The third kappa shape index (κ3) is 6.38. The first kappa shape index (κ1) is 25.0. The van der Waals surface area contributed by atoms with E-state index in [2.05, 4.69) is 10.1 Å². The summed E-state index contributed by atoms with van der Waals surface area (Å²) in [6.45, 7) is 2.58. The minimum Gasteiger partial charge on any atom is -0.469 e. The Bertz CT molecular complexity index is 998. The fourth-order valence-electron chi connectivity index (χ4n) is 2.99. The summed E-state index contributed by atoms with van der Waals surface area (Å²) in [5, 5.41) is 2.76. The maximum absolute atomic E-state index is 12.7. The topological polar surface area (TPSA) is 111 Å². The van der Waals surface area contributed by atoms with E-state index >= 15 is 0 Å². The molecule has 2 aromatic rings. The average molecular weight is 463 g/mol. The number of rotatable bonds is 9. The molecule has 0 aliphatic heterocycles. The van der Waals surface area contributed by atoms with Crippen LogP contribution in [0.1, 0.15) is 36.7 Å². The van der Waals surface area contributed by atoms with Crippen LogP contribution < -0.4 is 5.32 Å². The van der Waals surface area contributed by atoms with Gasteiger partial charge in [-0.2, -0.15) is 0 Å². The molecule has 0 aliphatic rings. The summed E-state index contributed by atoms with van der Waals surface area (Å²) < 4.78 is 14.2. The van der Waals surface area contributed by atoms with Crippen molar-refractivity contribution in [3.05, 3.63) is 51.4 Å². The fourth-order valence-corrected chi connectivity index (χ4v) is 4.13. The third-order valence-corrected chi connectivity index (χ3v) is 5.68. The molecular formula is C22H26N2O7S. The van der Waals surface area contributed by atoms with E-state index in [-0.39, 0.29) is 34.0 Å². The van der Waals surface area contributed by atoms with Crippen LogP contribution in [-0.4, -0.2) is 63.6 Å². The highest BCUT2D eigenvalue weighted by atomic mass is 32.1. The Labute approximate surface area is 190 Å². The quantitative estimate of drug-likeness (QED) is 0.447. The number of esters is 3. The number of carbonyl (C=O) groups is 4. The van der Waals surface area contributed by atoms with Gasteiger partial charge in [-0.1, -0.05) is 29.8 Å². The van der Waals surface area contributed by atoms with Crippen molar-refractivity contribution in [2.45, 2.75) is 19.9 Å². The van der Waals surface area contributed by atoms with E-state index in [9.17, 15) is 19.2 Å². The van der Waals surface area contributed by atoms with Crippen LogP contribution in [0.25, 0.3) is 0 Å². The van der Waals surface area contributed by atoms with Crippen molar-refractivity contribution < 1.29 is 33.4 Å². The molecule has 1 heterocycles. The van der Waals surface area contributed by atoms with Crippen LogP contribution in [0.4, 0.5) is 5.00 Å². The highest BCUT2D eigenvalue weighted by Crippen LogP contribution is 2.35. The van der Waals surface area contributed by atoms with Gasteiger partial charge in [-0.15, -0.1) is 11.3 Å². The number of thiophene rings is 1. The predicted molar refractivity (Wildman–Crippen MR) is 119 cm³/mol. The maximum atomic E-state index is 12.7. The van der Waals surface area contributed by atoms with E-state index in [0.717, 1.165) is 22.5 Å². The molecule has 0 saturated heterocycles. The fraction of sp³-hybridized carbons (Fsp3) is 0.364. The van der Waals surface area contributed by atoms with Gasteiger partial charge in [0.1, 0.15) is 9.88 Å². The van der Waals surface area contributed by atoms with Crippen LogP contribution in [0.5, 0.6) is 0 Å². The summed E-state index contributed by atoms with van der Waals surface area (Å²) in [5.74, 6) is -2.59. The Kier molecular flexibility index (Phi) is 8.91. The molecule has 1 aromatic heterocycles. The Hall–Kier alpha value is -3.24. The number of methoxy groups -OCH3 is 3. The van der Waals surface area contributed by atoms with Gasteiger partial charge >= 0.3 is 17.9 Å². The van der Waals surface area contributed by atoms with Gasteiger partial charge in [0.15, 0.2) is 0 Å². The van der Waals surface area contributed by atoms with Crippen molar-refractivity contribution in [3.8, 4) is 0 Å². The summed E-state index contributed by atoms with van der Waals surface area (Å²) in [5.41, 5.74) is 2.21. The smallest absolute Gasteiger partial charge is 0.348 e. The molecule has 10 heteroatoms. The van der Waals surface area contributed by atoms with Crippen LogP contribution in [0, 0.1) is 6.92 Å². The first-order chi connectivity index (χ1) is 15.2. The molecule has 1 aromatic carbocycles. The van der Waals surface area contributed by atoms with Gasteiger partial charge in [-0.3, -0.25) is 14.5 Å². The molecule has 1 N–H and O–H groups in total. The average Bonchev–Trinajstić information content (AvgIpc) is 3.11. The molecule has 0 aliphatic carbocycles. The van der Waals surface area contributed by atoms with Crippen molar-refractivity contribution in [3.63, 3.8) is 0 Å². The second-order valence-corrected chi connectivity index (χ2v) is 8.08. The van der Waals surface area contributed by atoms with Gasteiger partial charge in [0.25, 0.3) is 0 Å². The Morgan fingerprint density at radius 3 is 2.16 bits per heavy atom. The molecule has 0 atom stereocenters. The maximum Gasteiger partial charge on any atom is 0.348 e. The molecule has 32 heavy (non-hydrogen) atoms. The Balaban J connectivity index is 2.27. The SMILES string of the molecule is COC(=O)Cc1c(C(=O)OC)sc(NC(=O)CN(C)Cc2ccc(C)cc2)c1C(=O)OC. The summed E-state index contributed by atoms with van der Waals surface area (Å²) in [7, 11) is 5.33. The van der Waals surface area contributed by atoms with E-state index in [1.807, 2.05) is 36.1 Å². The molecule has 1 amide bonds. The lowest BCUT2D eigenvalue weighted by Crippen LogP contribution is -2.30. The van der Waals surface area contributed by atoms with E-state index in [1.54, 1.807) is 7.05 Å². The molecule has 0 bridgehead atoms. The molecule has 2 rings (SSSR count). The lowest BCUT2D eigenvalue weighted by molar-refractivity contribution is -0.139. The molecular weight excluding hydrogens is 436 g/mol. The lowest BCUT2D eigenvalue weighted by Gasteiger charge is -2.16. The molecule has 0 radical (unpaired) electrons. The first-order valence-electron chi connectivity index (χ1n) is 9.63. The van der Waals surface area contributed by atoms with Crippen LogP contribution in [0.2, 0.25) is 0 Å². The van der Waals surface area contributed by atoms with Gasteiger partial charge in [-0.25, -0.2) is 9.59 Å². The van der Waals surface area contributed by atoms with E-state index < -0.39 is 23.8 Å². The number of benzene rings is 1. The molecule has 0 spiro atoms. The van der Waals surface area contributed by atoms with Crippen molar-refractivity contribution in [2.75, 3.05) is 40.2 Å². The number of nitrogens with zero attached hydrogens (tertiary/aromatic N) is 1. The second kappa shape index (κ2) is 11.4. The number of anilines is 1. The number of hydrogen-bond acceptors (Lipinski definition) is 9. The number of ether oxygens (including phenoxy) is 3. The van der Waals surface area contributed by atoms with Gasteiger partial charge < -0.3 is 19.5 Å². The number of likely N-dealkylation sites (N-methyl/N-ethyl adjacent to an activating group) is 1. The van der Waals surface area contributed by atoms with Gasteiger partial charge in [0.05, 0.1) is 39.9 Å². The monoisotopic (exact) mass is 462 g/mol. The van der Waals surface area contributed by atoms with Gasteiger partial charge in [0, 0.05) is 12.1 Å². The summed E-state index contributed by atoms with van der Waals surface area (Å²) in [6, 6.07) is 7.96. The Morgan fingerprint density at radius 2 is 1.59 bits per heavy atom. The second-order valence-electron chi connectivity index (χ2n) is 7.06. The minimum absolute atomic E-state index is 0.0154. The Morgan fingerprint density at radius 1 is 0.969 bits per heavy atom. The molecule has 172 valence electrons. The largest absolute Gasteiger partial charge is 0.469 e. The van der Waals surface area contributed by atoms with Crippen LogP contribution in [0.3, 0.4) is 0 Å². The molecule has 0 fully saturated rings. The van der Waals surface area contributed by atoms with E-state index in [4.69, 9.17) is 9.47 Å². The first-order valence-corrected chi connectivity index (χ1v) is 10.4. The van der Waals surface area contributed by atoms with Crippen LogP contribution in [-0.2, 0) is 36.8 Å². The summed E-state index contributed by atoms with van der Waals surface area (Å²) in [4.78, 5) is 51.0. The van der Waals surface area contributed by atoms with E-state index in [1.165, 1.54) is 21.3 Å². The zero-order valence-corrected chi connectivity index (χ0v) is 19.5. The number of hydrogen-bond donors (Lipinski definition) is 1. The zero-order chi connectivity index (χ0) is 23.8. The minimum atomic E-state index is -0.793. The highest BCUT2D eigenvalue weighted by Gasteiger charge is 2.30. The number of aryl methyl sites for hydroxylation is 1. The molecule has 0 saturated carbocycles. The third-order valence-electron chi connectivity index (χ3n) is 4.56. The van der Waals surface area contributed by atoms with Gasteiger partial charge in [0.2, 0.25) is 5.91 Å². The van der Waals surface area contributed by atoms with Crippen molar-refractivity contribution in [2.24, 2.45) is 0 Å². The van der Waals surface area contributed by atoms with Crippen molar-refractivity contribution in [1.29, 1.82) is 0 Å². The zero-order valence-electron chi connectivity index (χ0n) is 18.6. The van der Waals surface area contributed by atoms with Crippen LogP contribution >= 0.6 is 11.3 Å². The predicted octanol–water partition coefficient (Wildman–Crippen LogP) is 2.42. The summed E-state index contributed by atoms with van der Waals surface area (Å²) >= 11 is 0.842.